The number of methoxy groups -OCH3 is 1. The molecule has 5 heteroatoms. The fraction of sp³-hybridized carbons (Fsp3) is 0.529. The summed E-state index contributed by atoms with van der Waals surface area (Å²) in [5.41, 5.74) is 0.265. The van der Waals surface area contributed by atoms with Crippen LogP contribution in [0.4, 0.5) is 0 Å². The van der Waals surface area contributed by atoms with E-state index in [4.69, 9.17) is 4.74 Å². The van der Waals surface area contributed by atoms with Crippen LogP contribution in [-0.4, -0.2) is 37.0 Å². The molecule has 1 aromatic rings. The molecule has 1 aromatic carbocycles. The Morgan fingerprint density at radius 1 is 1.41 bits per heavy atom. The molecule has 1 atom stereocenters. The summed E-state index contributed by atoms with van der Waals surface area (Å²) >= 11 is 0. The Balaban J connectivity index is 2.55. The smallest absolute Gasteiger partial charge is 0.235 e. The fourth-order valence-corrected chi connectivity index (χ4v) is 1.97. The second-order valence-electron chi connectivity index (χ2n) is 6.04. The molecule has 0 bridgehead atoms. The van der Waals surface area contributed by atoms with Gasteiger partial charge in [-0.2, -0.15) is 5.26 Å². The van der Waals surface area contributed by atoms with Gasteiger partial charge in [-0.25, -0.2) is 0 Å². The van der Waals surface area contributed by atoms with Gasteiger partial charge in [-0.1, -0.05) is 26.0 Å². The van der Waals surface area contributed by atoms with Crippen LogP contribution in [-0.2, 0) is 11.3 Å². The molecule has 22 heavy (non-hydrogen) atoms. The first-order valence-electron chi connectivity index (χ1n) is 7.34. The van der Waals surface area contributed by atoms with Gasteiger partial charge in [-0.3, -0.25) is 9.69 Å². The average molecular weight is 303 g/mol. The Kier molecular flexibility index (Phi) is 6.39. The maximum absolute atomic E-state index is 12.1. The van der Waals surface area contributed by atoms with Crippen LogP contribution in [0.25, 0.3) is 0 Å². The molecule has 0 saturated heterocycles. The van der Waals surface area contributed by atoms with Crippen LogP contribution >= 0.6 is 0 Å². The molecule has 0 heterocycles. The van der Waals surface area contributed by atoms with Crippen molar-refractivity contribution in [3.63, 3.8) is 0 Å². The van der Waals surface area contributed by atoms with Crippen LogP contribution in [0.3, 0.4) is 0 Å². The Morgan fingerprint density at radius 3 is 2.45 bits per heavy atom. The van der Waals surface area contributed by atoms with Gasteiger partial charge in [0.25, 0.3) is 0 Å². The second kappa shape index (κ2) is 7.81. The highest BCUT2D eigenvalue weighted by Gasteiger charge is 2.30. The molecule has 0 radical (unpaired) electrons. The SMILES string of the molecule is COc1ccc(CN(C)CC(=O)N[C@@](C)(C#N)C(C)C)cc1. The van der Waals surface area contributed by atoms with Gasteiger partial charge in [0.05, 0.1) is 19.7 Å². The summed E-state index contributed by atoms with van der Waals surface area (Å²) in [4.78, 5) is 14.0. The zero-order chi connectivity index (χ0) is 16.8. The highest BCUT2D eigenvalue weighted by atomic mass is 16.5. The maximum Gasteiger partial charge on any atom is 0.235 e. The van der Waals surface area contributed by atoms with Crippen molar-refractivity contribution in [2.24, 2.45) is 5.92 Å². The van der Waals surface area contributed by atoms with Gasteiger partial charge in [0, 0.05) is 6.54 Å². The molecule has 0 aromatic heterocycles. The summed E-state index contributed by atoms with van der Waals surface area (Å²) in [5.74, 6) is 0.716. The lowest BCUT2D eigenvalue weighted by molar-refractivity contribution is -0.123. The number of nitrogens with one attached hydrogen (secondary N) is 1. The monoisotopic (exact) mass is 303 g/mol. The van der Waals surface area contributed by atoms with Gasteiger partial charge in [-0.15, -0.1) is 0 Å². The summed E-state index contributed by atoms with van der Waals surface area (Å²) < 4.78 is 5.12. The largest absolute Gasteiger partial charge is 0.497 e. The third-order valence-corrected chi connectivity index (χ3v) is 3.81. The predicted octanol–water partition coefficient (Wildman–Crippen LogP) is 2.18. The number of benzene rings is 1. The van der Waals surface area contributed by atoms with Crippen molar-refractivity contribution in [3.8, 4) is 11.8 Å². The molecule has 120 valence electrons. The van der Waals surface area contributed by atoms with E-state index in [0.29, 0.717) is 6.54 Å². The van der Waals surface area contributed by atoms with Gasteiger partial charge in [0.15, 0.2) is 0 Å². The van der Waals surface area contributed by atoms with Crippen LogP contribution < -0.4 is 10.1 Å². The van der Waals surface area contributed by atoms with Crippen LogP contribution in [0.15, 0.2) is 24.3 Å². The molecule has 1 rings (SSSR count). The molecule has 0 aliphatic carbocycles. The number of carbonyl (C=O) groups is 1. The number of nitrogens with zero attached hydrogens (tertiary/aromatic N) is 2. The van der Waals surface area contributed by atoms with Crippen molar-refractivity contribution in [1.82, 2.24) is 10.2 Å². The second-order valence-corrected chi connectivity index (χ2v) is 6.04. The number of nitriles is 1. The number of rotatable bonds is 7. The van der Waals surface area contributed by atoms with E-state index in [1.165, 1.54) is 0 Å². The van der Waals surface area contributed by atoms with Crippen molar-refractivity contribution in [1.29, 1.82) is 5.26 Å². The Hall–Kier alpha value is -2.06. The van der Waals surface area contributed by atoms with Gasteiger partial charge in [0.1, 0.15) is 11.3 Å². The fourth-order valence-electron chi connectivity index (χ4n) is 1.97. The lowest BCUT2D eigenvalue weighted by Crippen LogP contribution is -2.51. The predicted molar refractivity (Wildman–Crippen MR) is 86.3 cm³/mol. The minimum Gasteiger partial charge on any atom is -0.497 e. The van der Waals surface area contributed by atoms with Crippen LogP contribution in [0.5, 0.6) is 5.75 Å². The first-order valence-corrected chi connectivity index (χ1v) is 7.34. The lowest BCUT2D eigenvalue weighted by Gasteiger charge is -2.28. The normalized spacial score (nSPS) is 13.5. The molecule has 0 fully saturated rings. The van der Waals surface area contributed by atoms with Crippen LogP contribution in [0.2, 0.25) is 0 Å². The zero-order valence-electron chi connectivity index (χ0n) is 14.0. The highest BCUT2D eigenvalue weighted by molar-refractivity contribution is 5.79. The highest BCUT2D eigenvalue weighted by Crippen LogP contribution is 2.15. The maximum atomic E-state index is 12.1. The van der Waals surface area contributed by atoms with Gasteiger partial charge in [-0.05, 0) is 37.6 Å². The third-order valence-electron chi connectivity index (χ3n) is 3.81. The summed E-state index contributed by atoms with van der Waals surface area (Å²) in [6, 6.07) is 9.92. The molecule has 1 N–H and O–H groups in total. The topological polar surface area (TPSA) is 65.4 Å². The van der Waals surface area contributed by atoms with E-state index in [1.807, 2.05) is 50.1 Å². The van der Waals surface area contributed by atoms with E-state index in [-0.39, 0.29) is 18.4 Å². The molecular formula is C17H25N3O2. The Bertz CT molecular complexity index is 534. The van der Waals surface area contributed by atoms with Gasteiger partial charge >= 0.3 is 0 Å². The molecule has 0 aliphatic rings. The van der Waals surface area contributed by atoms with Crippen molar-refractivity contribution < 1.29 is 9.53 Å². The molecule has 0 saturated carbocycles. The minimum atomic E-state index is -0.835. The summed E-state index contributed by atoms with van der Waals surface area (Å²) in [7, 11) is 3.51. The number of amides is 1. The van der Waals surface area contributed by atoms with Gasteiger partial charge < -0.3 is 10.1 Å². The first-order chi connectivity index (χ1) is 10.3. The van der Waals surface area contributed by atoms with E-state index < -0.39 is 5.54 Å². The summed E-state index contributed by atoms with van der Waals surface area (Å²) in [6.45, 7) is 6.49. The van der Waals surface area contributed by atoms with E-state index in [1.54, 1.807) is 14.0 Å². The summed E-state index contributed by atoms with van der Waals surface area (Å²) in [5, 5.41) is 12.0. The molecule has 0 unspecified atom stereocenters. The van der Waals surface area contributed by atoms with Crippen molar-refractivity contribution in [2.75, 3.05) is 20.7 Å². The number of ether oxygens (including phenoxy) is 1. The van der Waals surface area contributed by atoms with E-state index in [2.05, 4.69) is 11.4 Å². The molecule has 1 amide bonds. The van der Waals surface area contributed by atoms with Gasteiger partial charge in [0.2, 0.25) is 5.91 Å². The third kappa shape index (κ3) is 5.05. The molecule has 0 spiro atoms. The molecule has 0 aliphatic heterocycles. The quantitative estimate of drug-likeness (QED) is 0.838. The van der Waals surface area contributed by atoms with Crippen LogP contribution in [0, 0.1) is 17.2 Å². The average Bonchev–Trinajstić information content (AvgIpc) is 2.47. The number of hydrogen-bond donors (Lipinski definition) is 1. The number of hydrogen-bond acceptors (Lipinski definition) is 4. The molecule has 5 nitrogen and oxygen atoms in total. The standard InChI is InChI=1S/C17H25N3O2/c1-13(2)17(3,12-18)19-16(21)11-20(4)10-14-6-8-15(22-5)9-7-14/h6-9,13H,10-11H2,1-5H3,(H,19,21)/t17-/m0/s1. The van der Waals surface area contributed by atoms with Crippen LogP contribution in [0.1, 0.15) is 26.3 Å². The molecular weight excluding hydrogens is 278 g/mol. The number of carbonyl (C=O) groups excluding carboxylic acids is 1. The van der Waals surface area contributed by atoms with E-state index in [0.717, 1.165) is 11.3 Å². The lowest BCUT2D eigenvalue weighted by atomic mass is 9.90. The van der Waals surface area contributed by atoms with Crippen molar-refractivity contribution in [2.45, 2.75) is 32.9 Å². The van der Waals surface area contributed by atoms with Crippen molar-refractivity contribution in [3.05, 3.63) is 29.8 Å². The first kappa shape index (κ1) is 18.0. The Labute approximate surface area is 132 Å². The Morgan fingerprint density at radius 2 is 2.00 bits per heavy atom. The van der Waals surface area contributed by atoms with Crippen molar-refractivity contribution >= 4 is 5.91 Å². The van der Waals surface area contributed by atoms with E-state index in [9.17, 15) is 10.1 Å². The summed E-state index contributed by atoms with van der Waals surface area (Å²) in [6.07, 6.45) is 0. The van der Waals surface area contributed by atoms with E-state index >= 15 is 0 Å². The number of likely N-dealkylation sites (N-methyl/N-ethyl adjacent to an activating group) is 1. The minimum absolute atomic E-state index is 0.0494. The zero-order valence-corrected chi connectivity index (χ0v) is 14.0.